The van der Waals surface area contributed by atoms with E-state index in [4.69, 9.17) is 5.11 Å². The Kier molecular flexibility index (Phi) is 5.87. The SMILES string of the molecule is O=C(O)c1ccc(-n2cc(CNc3ccc(F)cc3)c(-c3ccc(C(F)(F)F)cc3)n2)cc1. The molecule has 5 nitrogen and oxygen atoms in total. The number of carboxylic acid groups (broad SMARTS) is 1. The van der Waals surface area contributed by atoms with Gasteiger partial charge >= 0.3 is 12.1 Å². The van der Waals surface area contributed by atoms with Crippen molar-refractivity contribution in [2.24, 2.45) is 0 Å². The Balaban J connectivity index is 1.69. The van der Waals surface area contributed by atoms with Crippen molar-refractivity contribution in [3.63, 3.8) is 0 Å². The highest BCUT2D eigenvalue weighted by atomic mass is 19.4. The summed E-state index contributed by atoms with van der Waals surface area (Å²) in [6.07, 6.45) is -2.74. The van der Waals surface area contributed by atoms with Crippen molar-refractivity contribution in [3.8, 4) is 16.9 Å². The molecule has 0 bridgehead atoms. The predicted octanol–water partition coefficient (Wildman–Crippen LogP) is 6.01. The summed E-state index contributed by atoms with van der Waals surface area (Å²) in [5.74, 6) is -1.43. The third-order valence-corrected chi connectivity index (χ3v) is 4.98. The smallest absolute Gasteiger partial charge is 0.416 e. The molecule has 0 aliphatic rings. The van der Waals surface area contributed by atoms with Gasteiger partial charge in [-0.2, -0.15) is 18.3 Å². The largest absolute Gasteiger partial charge is 0.478 e. The molecule has 0 amide bonds. The number of carboxylic acids is 1. The van der Waals surface area contributed by atoms with E-state index >= 15 is 0 Å². The second kappa shape index (κ2) is 8.78. The molecule has 0 atom stereocenters. The van der Waals surface area contributed by atoms with Gasteiger partial charge in [0.2, 0.25) is 0 Å². The maximum absolute atomic E-state index is 13.2. The van der Waals surface area contributed by atoms with Crippen LogP contribution in [0.5, 0.6) is 0 Å². The minimum atomic E-state index is -4.45. The van der Waals surface area contributed by atoms with E-state index in [-0.39, 0.29) is 17.9 Å². The number of aromatic nitrogens is 2. The van der Waals surface area contributed by atoms with Crippen molar-refractivity contribution in [2.75, 3.05) is 5.32 Å². The molecule has 1 heterocycles. The van der Waals surface area contributed by atoms with E-state index < -0.39 is 17.7 Å². The van der Waals surface area contributed by atoms with E-state index in [0.29, 0.717) is 28.2 Å². The minimum Gasteiger partial charge on any atom is -0.478 e. The van der Waals surface area contributed by atoms with E-state index in [2.05, 4.69) is 10.4 Å². The number of nitrogens with zero attached hydrogens (tertiary/aromatic N) is 2. The quantitative estimate of drug-likeness (QED) is 0.350. The molecule has 0 spiro atoms. The van der Waals surface area contributed by atoms with Gasteiger partial charge in [0.25, 0.3) is 0 Å². The number of benzene rings is 3. The van der Waals surface area contributed by atoms with Gasteiger partial charge in [-0.25, -0.2) is 13.9 Å². The second-order valence-electron chi connectivity index (χ2n) is 7.24. The molecule has 0 saturated carbocycles. The first-order valence-corrected chi connectivity index (χ1v) is 9.80. The Morgan fingerprint density at radius 2 is 1.58 bits per heavy atom. The third-order valence-electron chi connectivity index (χ3n) is 4.98. The molecule has 2 N–H and O–H groups in total. The number of rotatable bonds is 6. The van der Waals surface area contributed by atoms with Crippen LogP contribution in [0.2, 0.25) is 0 Å². The molecule has 4 aromatic rings. The zero-order valence-electron chi connectivity index (χ0n) is 17.0. The minimum absolute atomic E-state index is 0.118. The van der Waals surface area contributed by atoms with Gasteiger partial charge in [0.05, 0.1) is 22.5 Å². The van der Waals surface area contributed by atoms with Crippen LogP contribution in [0.4, 0.5) is 23.2 Å². The van der Waals surface area contributed by atoms with Crippen LogP contribution in [-0.4, -0.2) is 20.9 Å². The number of halogens is 4. The fraction of sp³-hybridized carbons (Fsp3) is 0.0833. The first kappa shape index (κ1) is 22.1. The monoisotopic (exact) mass is 455 g/mol. The van der Waals surface area contributed by atoms with Crippen molar-refractivity contribution in [3.05, 3.63) is 102 Å². The van der Waals surface area contributed by atoms with E-state index in [1.807, 2.05) is 0 Å². The maximum atomic E-state index is 13.2. The second-order valence-corrected chi connectivity index (χ2v) is 7.24. The van der Waals surface area contributed by atoms with Crippen molar-refractivity contribution in [1.29, 1.82) is 0 Å². The lowest BCUT2D eigenvalue weighted by atomic mass is 10.1. The van der Waals surface area contributed by atoms with Crippen LogP contribution in [0.3, 0.4) is 0 Å². The summed E-state index contributed by atoms with van der Waals surface area (Å²) in [4.78, 5) is 11.1. The number of alkyl halides is 3. The number of hydrogen-bond acceptors (Lipinski definition) is 3. The Morgan fingerprint density at radius 1 is 0.939 bits per heavy atom. The summed E-state index contributed by atoms with van der Waals surface area (Å²) < 4.78 is 53.6. The number of anilines is 1. The number of aromatic carboxylic acids is 1. The highest BCUT2D eigenvalue weighted by molar-refractivity contribution is 5.87. The summed E-state index contributed by atoms with van der Waals surface area (Å²) in [6, 6.07) is 16.5. The molecule has 168 valence electrons. The van der Waals surface area contributed by atoms with Crippen LogP contribution in [0.25, 0.3) is 16.9 Å². The molecule has 0 radical (unpaired) electrons. The van der Waals surface area contributed by atoms with Gasteiger partial charge in [-0.15, -0.1) is 0 Å². The van der Waals surface area contributed by atoms with Gasteiger partial charge in [0.1, 0.15) is 5.82 Å². The molecule has 1 aromatic heterocycles. The van der Waals surface area contributed by atoms with Gasteiger partial charge < -0.3 is 10.4 Å². The van der Waals surface area contributed by atoms with Gasteiger partial charge in [0, 0.05) is 29.6 Å². The number of carbonyl (C=O) groups is 1. The topological polar surface area (TPSA) is 67.2 Å². The zero-order valence-corrected chi connectivity index (χ0v) is 17.0. The molecule has 0 aliphatic carbocycles. The standard InChI is InChI=1S/C24H17F4N3O2/c25-19-7-9-20(10-8-19)29-13-17-14-31(21-11-3-16(4-12-21)23(32)33)30-22(17)15-1-5-18(6-2-15)24(26,27)28/h1-12,14,29H,13H2,(H,32,33). The van der Waals surface area contributed by atoms with Crippen LogP contribution in [0.15, 0.2) is 79.0 Å². The summed E-state index contributed by atoms with van der Waals surface area (Å²) >= 11 is 0. The number of nitrogens with one attached hydrogen (secondary N) is 1. The van der Waals surface area contributed by atoms with Crippen LogP contribution < -0.4 is 5.32 Å². The average Bonchev–Trinajstić information content (AvgIpc) is 3.22. The Bertz CT molecular complexity index is 1260. The predicted molar refractivity (Wildman–Crippen MR) is 115 cm³/mol. The van der Waals surface area contributed by atoms with Crippen molar-refractivity contribution in [2.45, 2.75) is 12.7 Å². The van der Waals surface area contributed by atoms with Crippen LogP contribution in [-0.2, 0) is 12.7 Å². The molecule has 0 unspecified atom stereocenters. The van der Waals surface area contributed by atoms with Crippen LogP contribution in [0, 0.1) is 5.82 Å². The lowest BCUT2D eigenvalue weighted by molar-refractivity contribution is -0.137. The Hall–Kier alpha value is -4.14. The lowest BCUT2D eigenvalue weighted by Gasteiger charge is -2.09. The molecule has 0 aliphatic heterocycles. The number of hydrogen-bond donors (Lipinski definition) is 2. The first-order valence-electron chi connectivity index (χ1n) is 9.80. The summed E-state index contributed by atoms with van der Waals surface area (Å²) in [5.41, 5.74) is 2.23. The summed E-state index contributed by atoms with van der Waals surface area (Å²) in [6.45, 7) is 0.273. The van der Waals surface area contributed by atoms with E-state index in [9.17, 15) is 22.4 Å². The van der Waals surface area contributed by atoms with Gasteiger partial charge in [-0.3, -0.25) is 0 Å². The molecule has 0 fully saturated rings. The van der Waals surface area contributed by atoms with Crippen LogP contribution in [0.1, 0.15) is 21.5 Å². The van der Waals surface area contributed by atoms with Gasteiger partial charge in [0.15, 0.2) is 0 Å². The lowest BCUT2D eigenvalue weighted by Crippen LogP contribution is -2.04. The third kappa shape index (κ3) is 5.03. The van der Waals surface area contributed by atoms with E-state index in [1.54, 1.807) is 30.5 Å². The highest BCUT2D eigenvalue weighted by Crippen LogP contribution is 2.32. The molecule has 33 heavy (non-hydrogen) atoms. The summed E-state index contributed by atoms with van der Waals surface area (Å²) in [5, 5.41) is 16.8. The molecule has 0 saturated heterocycles. The molecular weight excluding hydrogens is 438 g/mol. The maximum Gasteiger partial charge on any atom is 0.416 e. The van der Waals surface area contributed by atoms with E-state index in [0.717, 1.165) is 12.1 Å². The van der Waals surface area contributed by atoms with Crippen molar-refractivity contribution >= 4 is 11.7 Å². The Labute approximate surface area is 185 Å². The molecule has 3 aromatic carbocycles. The zero-order chi connectivity index (χ0) is 23.6. The van der Waals surface area contributed by atoms with Crippen molar-refractivity contribution < 1.29 is 27.5 Å². The summed E-state index contributed by atoms with van der Waals surface area (Å²) in [7, 11) is 0. The molecule has 4 rings (SSSR count). The Morgan fingerprint density at radius 3 is 2.15 bits per heavy atom. The van der Waals surface area contributed by atoms with Gasteiger partial charge in [-0.1, -0.05) is 12.1 Å². The van der Waals surface area contributed by atoms with E-state index in [1.165, 1.54) is 41.1 Å². The molecule has 9 heteroatoms. The fourth-order valence-corrected chi connectivity index (χ4v) is 3.25. The van der Waals surface area contributed by atoms with Gasteiger partial charge in [-0.05, 0) is 60.7 Å². The first-order chi connectivity index (χ1) is 15.7. The van der Waals surface area contributed by atoms with Crippen LogP contribution >= 0.6 is 0 Å². The average molecular weight is 455 g/mol. The van der Waals surface area contributed by atoms with Crippen molar-refractivity contribution in [1.82, 2.24) is 9.78 Å². The normalized spacial score (nSPS) is 11.4. The fourth-order valence-electron chi connectivity index (χ4n) is 3.25. The highest BCUT2D eigenvalue weighted by Gasteiger charge is 2.30. The molecular formula is C24H17F4N3O2.